The first kappa shape index (κ1) is 29.6. The summed E-state index contributed by atoms with van der Waals surface area (Å²) in [6, 6.07) is 9.59. The van der Waals surface area contributed by atoms with Crippen molar-refractivity contribution in [3.63, 3.8) is 0 Å². The number of para-hydroxylation sites is 1. The van der Waals surface area contributed by atoms with Gasteiger partial charge in [-0.3, -0.25) is 14.4 Å². The average Bonchev–Trinajstić information content (AvgIpc) is 3.77. The zero-order valence-electron chi connectivity index (χ0n) is 26.2. The molecule has 1 amide bonds. The summed E-state index contributed by atoms with van der Waals surface area (Å²) in [4.78, 5) is 39.0. The molecule has 14 heteroatoms. The summed E-state index contributed by atoms with van der Waals surface area (Å²) in [6.45, 7) is 8.50. The van der Waals surface area contributed by atoms with E-state index in [0.29, 0.717) is 49.0 Å². The Bertz CT molecular complexity index is 1840. The van der Waals surface area contributed by atoms with Gasteiger partial charge in [0.1, 0.15) is 6.10 Å². The second-order valence-corrected chi connectivity index (χ2v) is 11.7. The Kier molecular flexibility index (Phi) is 8.20. The molecule has 2 aliphatic rings. The summed E-state index contributed by atoms with van der Waals surface area (Å²) in [5.74, 6) is 2.26. The van der Waals surface area contributed by atoms with Gasteiger partial charge in [-0.05, 0) is 31.9 Å². The van der Waals surface area contributed by atoms with Gasteiger partial charge in [0, 0.05) is 80.6 Å². The van der Waals surface area contributed by atoms with E-state index in [9.17, 15) is 4.79 Å². The summed E-state index contributed by atoms with van der Waals surface area (Å²) in [5.41, 5.74) is 5.23. The lowest BCUT2D eigenvalue weighted by Crippen LogP contribution is -2.37. The average molecular weight is 624 g/mol. The molecule has 0 spiro atoms. The normalized spacial score (nSPS) is 17.0. The third-order valence-electron chi connectivity index (χ3n) is 8.37. The lowest BCUT2D eigenvalue weighted by molar-refractivity contribution is -0.117. The Labute approximate surface area is 266 Å². The first-order valence-electron chi connectivity index (χ1n) is 15.5. The molecule has 4 aromatic heterocycles. The Hall–Kier alpha value is -5.08. The number of amides is 1. The van der Waals surface area contributed by atoms with Crippen molar-refractivity contribution in [1.82, 2.24) is 39.6 Å². The van der Waals surface area contributed by atoms with E-state index in [0.717, 1.165) is 59.5 Å². The van der Waals surface area contributed by atoms with Crippen LogP contribution in [0.5, 0.6) is 5.88 Å². The lowest BCUT2D eigenvalue weighted by atomic mass is 10.1. The number of aromatic amines is 1. The Morgan fingerprint density at radius 2 is 2.00 bits per heavy atom. The maximum absolute atomic E-state index is 13.2. The third kappa shape index (κ3) is 6.34. The van der Waals surface area contributed by atoms with Crippen molar-refractivity contribution in [3.05, 3.63) is 60.2 Å². The van der Waals surface area contributed by atoms with Crippen molar-refractivity contribution < 1.29 is 14.3 Å². The van der Waals surface area contributed by atoms with E-state index in [1.165, 1.54) is 0 Å². The standard InChI is InChI=1S/C32H37N11O3/c1-20-16-35-31(37-26-15-21(2)41(3)40-26)39-29(20)24-17-34-30-23(24)5-4-6-25(30)36-27(44)19-42-10-8-22(18-42)46-28-7-9-33-32(38-28)43-11-13-45-14-12-43/h4-7,9,15-17,22,34H,8,10-14,18-19H2,1-3H3,(H,36,44)(H,35,37,39,40)/t22-/m0/s1. The van der Waals surface area contributed by atoms with Gasteiger partial charge in [-0.1, -0.05) is 12.1 Å². The minimum atomic E-state index is -0.0868. The number of hydrogen-bond donors (Lipinski definition) is 3. The topological polar surface area (TPSA) is 151 Å². The predicted molar refractivity (Wildman–Crippen MR) is 174 cm³/mol. The number of benzene rings is 1. The SMILES string of the molecule is Cc1cnc(Nc2cc(C)n(C)n2)nc1-c1c[nH]c2c(NC(=O)CN3CC[C@H](Oc4ccnc(N5CCOCC5)n4)C3)cccc12. The number of morpholine rings is 1. The van der Waals surface area contributed by atoms with Gasteiger partial charge in [0.05, 0.1) is 36.7 Å². The molecular formula is C32H37N11O3. The second kappa shape index (κ2) is 12.7. The quantitative estimate of drug-likeness (QED) is 0.222. The van der Waals surface area contributed by atoms with Crippen LogP contribution in [0, 0.1) is 13.8 Å². The van der Waals surface area contributed by atoms with Crippen molar-refractivity contribution >= 4 is 40.2 Å². The van der Waals surface area contributed by atoms with Crippen LogP contribution in [-0.2, 0) is 16.6 Å². The highest BCUT2D eigenvalue weighted by molar-refractivity contribution is 6.06. The van der Waals surface area contributed by atoms with E-state index in [1.54, 1.807) is 23.1 Å². The molecule has 0 unspecified atom stereocenters. The minimum Gasteiger partial charge on any atom is -0.473 e. The van der Waals surface area contributed by atoms with Crippen molar-refractivity contribution in [1.29, 1.82) is 0 Å². The summed E-state index contributed by atoms with van der Waals surface area (Å²) >= 11 is 0. The number of carbonyl (C=O) groups excluding carboxylic acids is 1. The van der Waals surface area contributed by atoms with E-state index in [-0.39, 0.29) is 18.6 Å². The van der Waals surface area contributed by atoms with Gasteiger partial charge in [0.25, 0.3) is 0 Å². The van der Waals surface area contributed by atoms with E-state index < -0.39 is 0 Å². The zero-order valence-corrected chi connectivity index (χ0v) is 26.2. The molecule has 0 saturated carbocycles. The van der Waals surface area contributed by atoms with Crippen LogP contribution in [0.4, 0.5) is 23.4 Å². The van der Waals surface area contributed by atoms with Crippen LogP contribution in [0.3, 0.4) is 0 Å². The minimum absolute atomic E-state index is 0.0492. The molecule has 0 aliphatic carbocycles. The monoisotopic (exact) mass is 623 g/mol. The molecule has 238 valence electrons. The number of likely N-dealkylation sites (tertiary alicyclic amines) is 1. The van der Waals surface area contributed by atoms with Gasteiger partial charge in [-0.2, -0.15) is 10.1 Å². The summed E-state index contributed by atoms with van der Waals surface area (Å²) in [7, 11) is 1.89. The number of rotatable bonds is 9. The molecule has 2 aliphatic heterocycles. The fourth-order valence-electron chi connectivity index (χ4n) is 5.88. The summed E-state index contributed by atoms with van der Waals surface area (Å²) in [6.07, 6.45) is 6.21. The van der Waals surface area contributed by atoms with Gasteiger partial charge >= 0.3 is 0 Å². The summed E-state index contributed by atoms with van der Waals surface area (Å²) in [5, 5.41) is 11.7. The third-order valence-corrected chi connectivity index (χ3v) is 8.37. The van der Waals surface area contributed by atoms with Crippen LogP contribution < -0.4 is 20.3 Å². The molecule has 1 atom stereocenters. The maximum Gasteiger partial charge on any atom is 0.238 e. The number of hydrogen-bond acceptors (Lipinski definition) is 11. The highest BCUT2D eigenvalue weighted by Crippen LogP contribution is 2.33. The van der Waals surface area contributed by atoms with Crippen molar-refractivity contribution in [2.24, 2.45) is 7.05 Å². The van der Waals surface area contributed by atoms with E-state index in [2.05, 4.69) is 45.5 Å². The van der Waals surface area contributed by atoms with Gasteiger partial charge in [-0.25, -0.2) is 15.0 Å². The zero-order chi connectivity index (χ0) is 31.6. The van der Waals surface area contributed by atoms with Crippen LogP contribution in [0.2, 0.25) is 0 Å². The first-order chi connectivity index (χ1) is 22.4. The lowest BCUT2D eigenvalue weighted by Gasteiger charge is -2.26. The van der Waals surface area contributed by atoms with Gasteiger partial charge in [-0.15, -0.1) is 0 Å². The molecule has 2 fully saturated rings. The number of ether oxygens (including phenoxy) is 2. The van der Waals surface area contributed by atoms with Gasteiger partial charge in [0.15, 0.2) is 5.82 Å². The number of H-pyrrole nitrogens is 1. The van der Waals surface area contributed by atoms with Crippen molar-refractivity contribution in [3.8, 4) is 17.1 Å². The molecule has 1 aromatic carbocycles. The molecule has 2 saturated heterocycles. The Balaban J connectivity index is 0.991. The molecule has 6 heterocycles. The number of aryl methyl sites for hydroxylation is 3. The molecule has 46 heavy (non-hydrogen) atoms. The number of fused-ring (bicyclic) bond motifs is 1. The first-order valence-corrected chi connectivity index (χ1v) is 15.5. The highest BCUT2D eigenvalue weighted by Gasteiger charge is 2.27. The van der Waals surface area contributed by atoms with Crippen LogP contribution in [0.25, 0.3) is 22.2 Å². The van der Waals surface area contributed by atoms with Gasteiger partial charge < -0.3 is 30.0 Å². The number of nitrogens with one attached hydrogen (secondary N) is 3. The molecule has 0 radical (unpaired) electrons. The van der Waals surface area contributed by atoms with E-state index in [1.807, 2.05) is 51.4 Å². The fraction of sp³-hybridized carbons (Fsp3) is 0.375. The highest BCUT2D eigenvalue weighted by atomic mass is 16.5. The Morgan fingerprint density at radius 3 is 2.83 bits per heavy atom. The number of nitrogens with zero attached hydrogens (tertiary/aromatic N) is 8. The molecule has 0 bridgehead atoms. The van der Waals surface area contributed by atoms with Crippen molar-refractivity contribution in [2.45, 2.75) is 26.4 Å². The van der Waals surface area contributed by atoms with Crippen LogP contribution in [0.1, 0.15) is 17.7 Å². The fourth-order valence-corrected chi connectivity index (χ4v) is 5.88. The molecule has 14 nitrogen and oxygen atoms in total. The maximum atomic E-state index is 13.2. The second-order valence-electron chi connectivity index (χ2n) is 11.7. The molecule has 5 aromatic rings. The van der Waals surface area contributed by atoms with E-state index in [4.69, 9.17) is 14.5 Å². The van der Waals surface area contributed by atoms with Gasteiger partial charge in [0.2, 0.25) is 23.7 Å². The largest absolute Gasteiger partial charge is 0.473 e. The van der Waals surface area contributed by atoms with Crippen LogP contribution in [0.15, 0.2) is 48.9 Å². The van der Waals surface area contributed by atoms with Crippen LogP contribution >= 0.6 is 0 Å². The predicted octanol–water partition coefficient (Wildman–Crippen LogP) is 3.44. The molecule has 3 N–H and O–H groups in total. The van der Waals surface area contributed by atoms with Crippen molar-refractivity contribution in [2.75, 3.05) is 61.5 Å². The molecular weight excluding hydrogens is 586 g/mol. The molecule has 7 rings (SSSR count). The van der Waals surface area contributed by atoms with Crippen LogP contribution in [-0.4, -0.2) is 97.5 Å². The number of aromatic nitrogens is 7. The van der Waals surface area contributed by atoms with E-state index >= 15 is 0 Å². The summed E-state index contributed by atoms with van der Waals surface area (Å²) < 4.78 is 13.4. The Morgan fingerprint density at radius 1 is 1.13 bits per heavy atom. The smallest absolute Gasteiger partial charge is 0.238 e. The number of carbonyl (C=O) groups is 1. The number of anilines is 4.